The number of carboxylic acid groups (broad SMARTS) is 1. The summed E-state index contributed by atoms with van der Waals surface area (Å²) in [6, 6.07) is -0.465. The first kappa shape index (κ1) is 10.3. The fourth-order valence-electron chi connectivity index (χ4n) is 0.460. The average Bonchev–Trinajstić information content (AvgIpc) is 1.89. The zero-order valence-corrected chi connectivity index (χ0v) is 8.04. The van der Waals surface area contributed by atoms with Gasteiger partial charge in [-0.25, -0.2) is 4.34 Å². The van der Waals surface area contributed by atoms with E-state index in [0.717, 1.165) is 5.75 Å². The molecule has 0 aromatic rings. The van der Waals surface area contributed by atoms with Gasteiger partial charge in [-0.1, -0.05) is 0 Å². The van der Waals surface area contributed by atoms with E-state index in [1.54, 1.807) is 11.8 Å². The number of carboxylic acids is 1. The van der Waals surface area contributed by atoms with E-state index < -0.39 is 12.0 Å². The fraction of sp³-hybridized carbons (Fsp3) is 0.800. The van der Waals surface area contributed by atoms with Crippen LogP contribution >= 0.6 is 27.9 Å². The summed E-state index contributed by atoms with van der Waals surface area (Å²) in [7, 11) is 0. The summed E-state index contributed by atoms with van der Waals surface area (Å²) in [5.41, 5.74) is 0. The predicted octanol–water partition coefficient (Wildman–Crippen LogP) is 1.09. The zero-order chi connectivity index (χ0) is 7.98. The van der Waals surface area contributed by atoms with Crippen LogP contribution in [0.15, 0.2) is 0 Å². The van der Waals surface area contributed by atoms with E-state index >= 15 is 0 Å². The Kier molecular flexibility index (Phi) is 6.16. The van der Waals surface area contributed by atoms with Gasteiger partial charge in [0.1, 0.15) is 6.04 Å². The quantitative estimate of drug-likeness (QED) is 0.691. The molecule has 0 rings (SSSR count). The van der Waals surface area contributed by atoms with Crippen LogP contribution in [-0.2, 0) is 4.79 Å². The summed E-state index contributed by atoms with van der Waals surface area (Å²) in [5.74, 6) is 0.0428. The molecule has 0 aromatic heterocycles. The molecule has 0 saturated carbocycles. The van der Waals surface area contributed by atoms with Gasteiger partial charge in [-0.15, -0.1) is 0 Å². The van der Waals surface area contributed by atoms with Crippen molar-refractivity contribution in [2.24, 2.45) is 0 Å². The molecule has 0 amide bonds. The Bertz CT molecular complexity index is 112. The molecule has 1 atom stereocenters. The van der Waals surface area contributed by atoms with Gasteiger partial charge in [0, 0.05) is 16.1 Å². The van der Waals surface area contributed by atoms with Crippen LogP contribution in [0.3, 0.4) is 0 Å². The Hall–Kier alpha value is 0.260. The first-order valence-electron chi connectivity index (χ1n) is 2.80. The van der Waals surface area contributed by atoms with Crippen LogP contribution in [0.5, 0.6) is 0 Å². The van der Waals surface area contributed by atoms with Crippen LogP contribution in [0.1, 0.15) is 6.42 Å². The van der Waals surface area contributed by atoms with Crippen LogP contribution in [-0.4, -0.2) is 29.1 Å². The van der Waals surface area contributed by atoms with Gasteiger partial charge in [-0.05, 0) is 18.4 Å². The maximum absolute atomic E-state index is 10.3. The molecular weight excluding hydrogens is 218 g/mol. The topological polar surface area (TPSA) is 49.3 Å². The Morgan fingerprint density at radius 3 is 2.80 bits per heavy atom. The first-order valence-corrected chi connectivity index (χ1v) is 4.99. The predicted molar refractivity (Wildman–Crippen MR) is 46.5 cm³/mol. The Morgan fingerprint density at radius 1 is 1.90 bits per heavy atom. The van der Waals surface area contributed by atoms with Gasteiger partial charge >= 0.3 is 5.97 Å². The van der Waals surface area contributed by atoms with E-state index in [4.69, 9.17) is 5.11 Å². The summed E-state index contributed by atoms with van der Waals surface area (Å²) in [5, 5.41) is 8.50. The fourth-order valence-corrected chi connectivity index (χ4v) is 1.36. The highest BCUT2D eigenvalue weighted by atomic mass is 79.9. The van der Waals surface area contributed by atoms with Gasteiger partial charge in [0.15, 0.2) is 0 Å². The average molecular weight is 228 g/mol. The molecular formula is C5H10BrNO2S. The van der Waals surface area contributed by atoms with Crippen molar-refractivity contribution in [2.45, 2.75) is 12.5 Å². The lowest BCUT2D eigenvalue weighted by Crippen LogP contribution is -2.30. The number of aliphatic carboxylic acids is 1. The summed E-state index contributed by atoms with van der Waals surface area (Å²) in [6.07, 6.45) is 2.59. The van der Waals surface area contributed by atoms with Crippen molar-refractivity contribution in [3.63, 3.8) is 0 Å². The smallest absolute Gasteiger partial charge is 0.321 e. The minimum absolute atomic E-state index is 0.465. The van der Waals surface area contributed by atoms with Crippen molar-refractivity contribution >= 4 is 33.9 Å². The normalized spacial score (nSPS) is 13.0. The lowest BCUT2D eigenvalue weighted by Gasteiger charge is -2.07. The molecule has 0 aliphatic heterocycles. The van der Waals surface area contributed by atoms with Crippen molar-refractivity contribution in [1.29, 1.82) is 0 Å². The molecule has 0 unspecified atom stereocenters. The molecule has 0 aliphatic rings. The van der Waals surface area contributed by atoms with E-state index in [9.17, 15) is 4.79 Å². The summed E-state index contributed by atoms with van der Waals surface area (Å²) in [6.45, 7) is 0. The van der Waals surface area contributed by atoms with Crippen LogP contribution in [0, 0.1) is 0 Å². The maximum Gasteiger partial charge on any atom is 0.321 e. The second-order valence-corrected chi connectivity index (χ2v) is 3.22. The monoisotopic (exact) mass is 227 g/mol. The molecule has 60 valence electrons. The minimum Gasteiger partial charge on any atom is -0.480 e. The lowest BCUT2D eigenvalue weighted by atomic mass is 10.2. The Labute approximate surface area is 72.9 Å². The summed E-state index contributed by atoms with van der Waals surface area (Å²) in [4.78, 5) is 10.3. The molecule has 2 N–H and O–H groups in total. The molecule has 0 fully saturated rings. The maximum atomic E-state index is 10.3. The van der Waals surface area contributed by atoms with Crippen molar-refractivity contribution in [1.82, 2.24) is 4.34 Å². The van der Waals surface area contributed by atoms with Crippen LogP contribution in [0.25, 0.3) is 0 Å². The minimum atomic E-state index is -0.814. The number of nitrogens with one attached hydrogen (secondary N) is 1. The SMILES string of the molecule is CSCC[C@H](NBr)C(=O)O. The van der Waals surface area contributed by atoms with Crippen LogP contribution in [0.4, 0.5) is 0 Å². The molecule has 0 saturated heterocycles. The van der Waals surface area contributed by atoms with E-state index in [1.165, 1.54) is 0 Å². The van der Waals surface area contributed by atoms with E-state index in [-0.39, 0.29) is 0 Å². The molecule has 0 aromatic carbocycles. The molecule has 0 radical (unpaired) electrons. The third-order valence-electron chi connectivity index (χ3n) is 1.04. The standard InChI is InChI=1S/C5H10BrNO2S/c1-10-3-2-4(7-6)5(8)9/h4,7H,2-3H2,1H3,(H,8,9)/t4-/m0/s1. The highest BCUT2D eigenvalue weighted by Crippen LogP contribution is 2.01. The number of halogens is 1. The molecule has 0 spiro atoms. The van der Waals surface area contributed by atoms with Crippen LogP contribution < -0.4 is 4.34 Å². The lowest BCUT2D eigenvalue weighted by molar-refractivity contribution is -0.138. The van der Waals surface area contributed by atoms with Gasteiger partial charge in [0.2, 0.25) is 0 Å². The van der Waals surface area contributed by atoms with Crippen molar-refractivity contribution in [3.05, 3.63) is 0 Å². The van der Waals surface area contributed by atoms with E-state index in [2.05, 4.69) is 20.5 Å². The highest BCUT2D eigenvalue weighted by Gasteiger charge is 2.13. The van der Waals surface area contributed by atoms with Gasteiger partial charge in [0.05, 0.1) is 0 Å². The number of thioether (sulfide) groups is 1. The van der Waals surface area contributed by atoms with Crippen LogP contribution in [0.2, 0.25) is 0 Å². The van der Waals surface area contributed by atoms with Gasteiger partial charge in [0.25, 0.3) is 0 Å². The Balaban J connectivity index is 3.50. The number of hydrogen-bond donors (Lipinski definition) is 2. The molecule has 5 heteroatoms. The van der Waals surface area contributed by atoms with Crippen molar-refractivity contribution < 1.29 is 9.90 Å². The first-order chi connectivity index (χ1) is 4.72. The number of carbonyl (C=O) groups is 1. The summed E-state index contributed by atoms with van der Waals surface area (Å²) >= 11 is 4.55. The van der Waals surface area contributed by atoms with Gasteiger partial charge in [-0.2, -0.15) is 11.8 Å². The second-order valence-electron chi connectivity index (χ2n) is 1.78. The van der Waals surface area contributed by atoms with Crippen molar-refractivity contribution in [3.8, 4) is 0 Å². The summed E-state index contributed by atoms with van der Waals surface area (Å²) < 4.78 is 2.54. The third kappa shape index (κ3) is 4.14. The molecule has 0 heterocycles. The Morgan fingerprint density at radius 2 is 2.50 bits per heavy atom. The molecule has 0 aliphatic carbocycles. The van der Waals surface area contributed by atoms with Gasteiger partial charge < -0.3 is 5.11 Å². The van der Waals surface area contributed by atoms with Gasteiger partial charge in [-0.3, -0.25) is 4.79 Å². The molecule has 0 bridgehead atoms. The number of rotatable bonds is 5. The highest BCUT2D eigenvalue weighted by molar-refractivity contribution is 9.08. The largest absolute Gasteiger partial charge is 0.480 e. The zero-order valence-electron chi connectivity index (χ0n) is 5.63. The van der Waals surface area contributed by atoms with E-state index in [1.807, 2.05) is 6.26 Å². The van der Waals surface area contributed by atoms with E-state index in [0.29, 0.717) is 6.42 Å². The third-order valence-corrected chi connectivity index (χ3v) is 2.24. The molecule has 10 heavy (non-hydrogen) atoms. The second kappa shape index (κ2) is 6.00. The number of hydrogen-bond acceptors (Lipinski definition) is 3. The molecule has 3 nitrogen and oxygen atoms in total. The van der Waals surface area contributed by atoms with Crippen molar-refractivity contribution in [2.75, 3.05) is 12.0 Å².